The highest BCUT2D eigenvalue weighted by atomic mass is 16.7. The van der Waals surface area contributed by atoms with Gasteiger partial charge in [0.2, 0.25) is 11.7 Å². The summed E-state index contributed by atoms with van der Waals surface area (Å²) in [6.07, 6.45) is 0.359. The van der Waals surface area contributed by atoms with E-state index >= 15 is 4.79 Å². The van der Waals surface area contributed by atoms with Crippen LogP contribution in [-0.2, 0) is 57.2 Å². The van der Waals surface area contributed by atoms with Crippen LogP contribution in [0, 0.1) is 34.0 Å². The Hall–Kier alpha value is -4.00. The molecule has 3 saturated carbocycles. The van der Waals surface area contributed by atoms with E-state index in [0.29, 0.717) is 18.4 Å². The van der Waals surface area contributed by atoms with Crippen molar-refractivity contribution in [2.24, 2.45) is 34.0 Å². The Bertz CT molecular complexity index is 1640. The van der Waals surface area contributed by atoms with Crippen molar-refractivity contribution in [1.29, 1.82) is 0 Å². The number of fused-ring (bicyclic) bond motifs is 5. The van der Waals surface area contributed by atoms with E-state index in [4.69, 9.17) is 32.8 Å². The van der Waals surface area contributed by atoms with Crippen molar-refractivity contribution in [1.82, 2.24) is 0 Å². The lowest BCUT2D eigenvalue weighted by molar-refractivity contribution is -0.266. The number of hydrogen-bond donors (Lipinski definition) is 0. The normalized spacial score (nSPS) is 40.7. The van der Waals surface area contributed by atoms with Crippen molar-refractivity contribution in [2.75, 3.05) is 7.11 Å². The molecule has 5 aliphatic rings. The zero-order chi connectivity index (χ0) is 36.1. The molecule has 1 spiro atoms. The number of allylic oxidation sites excluding steroid dienone is 1. The van der Waals surface area contributed by atoms with Gasteiger partial charge in [-0.05, 0) is 32.8 Å². The van der Waals surface area contributed by atoms with Crippen molar-refractivity contribution in [3.8, 4) is 0 Å². The maximum Gasteiger partial charge on any atom is 0.347 e. The van der Waals surface area contributed by atoms with Gasteiger partial charge in [-0.1, -0.05) is 33.8 Å². The molecule has 0 amide bonds. The lowest BCUT2D eigenvalue weighted by atomic mass is 9.36. The molecule has 0 radical (unpaired) electrons. The summed E-state index contributed by atoms with van der Waals surface area (Å²) in [6, 6.07) is 1.74. The molecule has 0 aromatic carbocycles. The molecule has 3 aliphatic carbocycles. The van der Waals surface area contributed by atoms with Crippen LogP contribution in [-0.4, -0.2) is 72.3 Å². The molecule has 13 nitrogen and oxygen atoms in total. The van der Waals surface area contributed by atoms with Crippen LogP contribution in [0.4, 0.5) is 0 Å². The number of esters is 5. The number of carbonyl (C=O) groups excluding carboxylic acids is 6. The molecule has 1 aromatic rings. The van der Waals surface area contributed by atoms with E-state index in [0.717, 1.165) is 21.0 Å². The van der Waals surface area contributed by atoms with Crippen molar-refractivity contribution >= 4 is 35.6 Å². The highest BCUT2D eigenvalue weighted by molar-refractivity contribution is 6.01. The van der Waals surface area contributed by atoms with E-state index < -0.39 is 105 Å². The van der Waals surface area contributed by atoms with E-state index in [-0.39, 0.29) is 12.0 Å². The molecule has 6 rings (SSSR count). The lowest BCUT2D eigenvalue weighted by Gasteiger charge is -2.67. The second kappa shape index (κ2) is 11.3. The average Bonchev–Trinajstić information content (AvgIpc) is 3.51. The SMILES string of the molecule is C/C=C(\C)C(=O)O[C@H]1C(C)(C)[C@H]([C@@H](OC(C)=O)C(=O)OC)[C@]2(C)C(=O)[C@@]1(OC(C)=O)[C@@H]1O[C@]13[C@@H]2CC[C@@]1(C)[C@H](c2ccoc2)OC(=O)C[C@@H]13. The van der Waals surface area contributed by atoms with Gasteiger partial charge in [-0.25, -0.2) is 9.59 Å². The third-order valence-corrected chi connectivity index (χ3v) is 12.4. The molecule has 0 N–H and O–H groups in total. The monoisotopic (exact) mass is 684 g/mol. The minimum Gasteiger partial charge on any atom is -0.472 e. The molecule has 2 saturated heterocycles. The second-order valence-electron chi connectivity index (χ2n) is 15.2. The Morgan fingerprint density at radius 1 is 1.02 bits per heavy atom. The van der Waals surface area contributed by atoms with Gasteiger partial charge < -0.3 is 32.8 Å². The number of rotatable bonds is 7. The Morgan fingerprint density at radius 2 is 1.71 bits per heavy atom. The fourth-order valence-corrected chi connectivity index (χ4v) is 10.6. The number of cyclic esters (lactones) is 1. The number of methoxy groups -OCH3 is 1. The Labute approximate surface area is 284 Å². The fraction of sp³-hybridized carbons (Fsp3) is 0.667. The summed E-state index contributed by atoms with van der Waals surface area (Å²) < 4.78 is 41.4. The average molecular weight is 685 g/mol. The van der Waals surface area contributed by atoms with Gasteiger partial charge in [0.05, 0.1) is 26.1 Å². The molecule has 0 unspecified atom stereocenters. The molecule has 266 valence electrons. The highest BCUT2D eigenvalue weighted by Crippen LogP contribution is 2.79. The maximum absolute atomic E-state index is 15.5. The number of Topliss-reactive ketones (excluding diaryl/α,β-unsaturated/α-hetero) is 1. The first-order valence-corrected chi connectivity index (χ1v) is 16.6. The third-order valence-electron chi connectivity index (χ3n) is 12.4. The van der Waals surface area contributed by atoms with Crippen LogP contribution in [0.25, 0.3) is 0 Å². The first-order valence-electron chi connectivity index (χ1n) is 16.6. The van der Waals surface area contributed by atoms with Gasteiger partial charge in [-0.3, -0.25) is 19.2 Å². The van der Waals surface area contributed by atoms with Crippen molar-refractivity contribution in [3.05, 3.63) is 35.8 Å². The summed E-state index contributed by atoms with van der Waals surface area (Å²) in [7, 11) is 1.15. The van der Waals surface area contributed by atoms with Crippen molar-refractivity contribution in [3.63, 3.8) is 0 Å². The van der Waals surface area contributed by atoms with Crippen LogP contribution >= 0.6 is 0 Å². The van der Waals surface area contributed by atoms with Crippen LogP contribution in [0.5, 0.6) is 0 Å². The summed E-state index contributed by atoms with van der Waals surface area (Å²) in [6.45, 7) is 12.6. The van der Waals surface area contributed by atoms with Gasteiger partial charge in [0.25, 0.3) is 0 Å². The lowest BCUT2D eigenvalue weighted by Crippen LogP contribution is -2.82. The summed E-state index contributed by atoms with van der Waals surface area (Å²) in [5.41, 5.74) is -6.32. The first kappa shape index (κ1) is 34.8. The molecule has 2 aliphatic heterocycles. The van der Waals surface area contributed by atoms with E-state index in [1.165, 1.54) is 12.5 Å². The Morgan fingerprint density at radius 3 is 2.29 bits per heavy atom. The molecule has 49 heavy (non-hydrogen) atoms. The zero-order valence-corrected chi connectivity index (χ0v) is 29.3. The molecular formula is C36H44O13. The summed E-state index contributed by atoms with van der Waals surface area (Å²) in [4.78, 5) is 81.9. The number of carbonyl (C=O) groups is 6. The first-order chi connectivity index (χ1) is 22.9. The van der Waals surface area contributed by atoms with Gasteiger partial charge in [-0.2, -0.15) is 0 Å². The Balaban J connectivity index is 1.64. The van der Waals surface area contributed by atoms with E-state index in [1.54, 1.807) is 46.8 Å². The maximum atomic E-state index is 15.5. The highest BCUT2D eigenvalue weighted by Gasteiger charge is 2.93. The quantitative estimate of drug-likeness (QED) is 0.175. The van der Waals surface area contributed by atoms with Gasteiger partial charge in [0.15, 0.2) is 11.9 Å². The minimum absolute atomic E-state index is 0.0706. The van der Waals surface area contributed by atoms with E-state index in [2.05, 4.69) is 0 Å². The van der Waals surface area contributed by atoms with E-state index in [1.807, 2.05) is 6.92 Å². The number of ketones is 1. The topological polar surface area (TPSA) is 174 Å². The molecule has 2 bridgehead atoms. The fourth-order valence-electron chi connectivity index (χ4n) is 10.6. The van der Waals surface area contributed by atoms with E-state index in [9.17, 15) is 24.0 Å². The third kappa shape index (κ3) is 4.52. The van der Waals surface area contributed by atoms with Crippen molar-refractivity contribution < 1.29 is 61.6 Å². The summed E-state index contributed by atoms with van der Waals surface area (Å²) in [5, 5.41) is 0. The van der Waals surface area contributed by atoms with Crippen LogP contribution in [0.3, 0.4) is 0 Å². The second-order valence-corrected chi connectivity index (χ2v) is 15.2. The summed E-state index contributed by atoms with van der Waals surface area (Å²) in [5.74, 6) is -6.81. The van der Waals surface area contributed by atoms with Gasteiger partial charge in [0.1, 0.15) is 17.8 Å². The smallest absolute Gasteiger partial charge is 0.347 e. The molecule has 5 fully saturated rings. The minimum atomic E-state index is -2.19. The number of ether oxygens (including phenoxy) is 6. The number of furan rings is 1. The zero-order valence-electron chi connectivity index (χ0n) is 29.3. The molecule has 3 heterocycles. The number of epoxide rings is 1. The van der Waals surface area contributed by atoms with Crippen LogP contribution < -0.4 is 0 Å². The van der Waals surface area contributed by atoms with Gasteiger partial charge >= 0.3 is 29.8 Å². The molecule has 11 atom stereocenters. The number of hydrogen-bond acceptors (Lipinski definition) is 13. The predicted molar refractivity (Wildman–Crippen MR) is 166 cm³/mol. The van der Waals surface area contributed by atoms with Crippen LogP contribution in [0.15, 0.2) is 34.7 Å². The molecule has 13 heteroatoms. The summed E-state index contributed by atoms with van der Waals surface area (Å²) >= 11 is 0. The molecule has 1 aromatic heterocycles. The molecular weight excluding hydrogens is 640 g/mol. The van der Waals surface area contributed by atoms with Crippen molar-refractivity contribution in [2.45, 2.75) is 110 Å². The van der Waals surface area contributed by atoms with Crippen LogP contribution in [0.1, 0.15) is 86.3 Å². The standard InChI is InChI=1S/C36H44O13/c1-10-17(2)27(40)47-30-32(5,6)25(24(28(41)43-9)45-18(3)37)34(8)21-11-13-33(7)22(15-23(39)46-26(33)20-12-14-44-16-20)35(21)31(49-35)36(30,29(34)42)48-19(4)38/h10,12,14,16,21-22,24-26,30-31H,11,13,15H2,1-9H3/b17-10+/t21-,22+,24-,25+,26+,30+,31-,33-,34-,35+,36+/m1/s1. The van der Waals surface area contributed by atoms with Gasteiger partial charge in [0, 0.05) is 59.0 Å². The van der Waals surface area contributed by atoms with Gasteiger partial charge in [-0.15, -0.1) is 0 Å². The van der Waals surface area contributed by atoms with Crippen LogP contribution in [0.2, 0.25) is 0 Å². The Kier molecular flexibility index (Phi) is 8.01. The largest absolute Gasteiger partial charge is 0.472 e. The predicted octanol–water partition coefficient (Wildman–Crippen LogP) is 3.97.